The summed E-state index contributed by atoms with van der Waals surface area (Å²) in [5, 5.41) is 2.82. The van der Waals surface area contributed by atoms with Crippen LogP contribution in [0, 0.1) is 5.82 Å². The first kappa shape index (κ1) is 18.9. The zero-order valence-electron chi connectivity index (χ0n) is 15.5. The van der Waals surface area contributed by atoms with Crippen molar-refractivity contribution in [2.75, 3.05) is 11.6 Å². The lowest BCUT2D eigenvalue weighted by atomic mass is 10.3. The van der Waals surface area contributed by atoms with Gasteiger partial charge in [-0.2, -0.15) is 0 Å². The molecule has 0 spiro atoms. The van der Waals surface area contributed by atoms with Gasteiger partial charge in [0.15, 0.2) is 5.65 Å². The van der Waals surface area contributed by atoms with Crippen LogP contribution in [0.5, 0.6) is 0 Å². The van der Waals surface area contributed by atoms with Gasteiger partial charge < -0.3 is 5.32 Å². The van der Waals surface area contributed by atoms with Crippen LogP contribution < -0.4 is 11.0 Å². The molecule has 4 aromatic rings. The lowest BCUT2D eigenvalue weighted by molar-refractivity contribution is -0.116. The fraction of sp³-hybridized carbons (Fsp3) is 0.0952. The summed E-state index contributed by atoms with van der Waals surface area (Å²) >= 11 is 1.58. The van der Waals surface area contributed by atoms with Gasteiger partial charge in [-0.1, -0.05) is 6.07 Å². The number of pyridine rings is 1. The summed E-state index contributed by atoms with van der Waals surface area (Å²) in [6, 6.07) is 16.5. The van der Waals surface area contributed by atoms with Crippen molar-refractivity contribution in [3.63, 3.8) is 0 Å². The van der Waals surface area contributed by atoms with Crippen LogP contribution in [0.1, 0.15) is 0 Å². The van der Waals surface area contributed by atoms with E-state index in [-0.39, 0.29) is 12.5 Å². The summed E-state index contributed by atoms with van der Waals surface area (Å²) in [7, 11) is 0. The molecular weight excluding hydrogens is 391 g/mol. The second kappa shape index (κ2) is 7.92. The highest BCUT2D eigenvalue weighted by Crippen LogP contribution is 2.19. The molecule has 0 aliphatic heterocycles. The van der Waals surface area contributed by atoms with Gasteiger partial charge in [-0.05, 0) is 60.9 Å². The van der Waals surface area contributed by atoms with Gasteiger partial charge in [0.1, 0.15) is 12.4 Å². The van der Waals surface area contributed by atoms with Gasteiger partial charge in [0.05, 0.1) is 11.2 Å². The minimum absolute atomic E-state index is 0.168. The molecule has 0 fully saturated rings. The summed E-state index contributed by atoms with van der Waals surface area (Å²) < 4.78 is 16.0. The number of imidazole rings is 1. The van der Waals surface area contributed by atoms with E-state index in [0.717, 1.165) is 4.90 Å². The van der Waals surface area contributed by atoms with E-state index in [9.17, 15) is 14.0 Å². The number of hydrogen-bond acceptors (Lipinski definition) is 4. The molecule has 0 radical (unpaired) electrons. The van der Waals surface area contributed by atoms with Crippen molar-refractivity contribution in [1.29, 1.82) is 0 Å². The van der Waals surface area contributed by atoms with E-state index in [1.54, 1.807) is 36.2 Å². The topological polar surface area (TPSA) is 68.9 Å². The molecule has 1 N–H and O–H groups in total. The van der Waals surface area contributed by atoms with Gasteiger partial charge in [0, 0.05) is 16.8 Å². The number of halogens is 1. The van der Waals surface area contributed by atoms with Gasteiger partial charge in [0.2, 0.25) is 5.91 Å². The molecule has 146 valence electrons. The highest BCUT2D eigenvalue weighted by Gasteiger charge is 2.17. The predicted octanol–water partition coefficient (Wildman–Crippen LogP) is 3.69. The van der Waals surface area contributed by atoms with Gasteiger partial charge in [0.25, 0.3) is 0 Å². The van der Waals surface area contributed by atoms with Crippen LogP contribution in [0.2, 0.25) is 0 Å². The minimum atomic E-state index is -0.418. The second-order valence-corrected chi connectivity index (χ2v) is 7.19. The molecule has 2 aromatic carbocycles. The van der Waals surface area contributed by atoms with Gasteiger partial charge >= 0.3 is 5.69 Å². The maximum Gasteiger partial charge on any atom is 0.335 e. The Bertz CT molecular complexity index is 1250. The smallest absolute Gasteiger partial charge is 0.324 e. The number of rotatable bonds is 5. The van der Waals surface area contributed by atoms with Gasteiger partial charge in [-0.15, -0.1) is 11.8 Å². The van der Waals surface area contributed by atoms with E-state index >= 15 is 0 Å². The minimum Gasteiger partial charge on any atom is -0.324 e. The normalized spacial score (nSPS) is 11.0. The summed E-state index contributed by atoms with van der Waals surface area (Å²) in [6.45, 7) is -0.168. The van der Waals surface area contributed by atoms with Crippen molar-refractivity contribution in [3.05, 3.63) is 83.2 Å². The molecule has 0 saturated heterocycles. The molecule has 2 aromatic heterocycles. The van der Waals surface area contributed by atoms with E-state index in [1.165, 1.54) is 33.4 Å². The van der Waals surface area contributed by atoms with Crippen molar-refractivity contribution < 1.29 is 9.18 Å². The molecule has 4 rings (SSSR count). The maximum atomic E-state index is 13.3. The molecule has 6 nitrogen and oxygen atoms in total. The fourth-order valence-corrected chi connectivity index (χ4v) is 3.57. The SMILES string of the molecule is CSc1cccc(NC(=O)Cn2c(=O)n(-c3ccc(F)cc3)c3ncccc32)c1. The molecule has 1 amide bonds. The average molecular weight is 408 g/mol. The first-order valence-electron chi connectivity index (χ1n) is 8.83. The Morgan fingerprint density at radius 3 is 2.69 bits per heavy atom. The number of amides is 1. The van der Waals surface area contributed by atoms with Gasteiger partial charge in [-0.25, -0.2) is 18.7 Å². The molecule has 8 heteroatoms. The number of carbonyl (C=O) groups excluding carboxylic acids is 1. The second-order valence-electron chi connectivity index (χ2n) is 6.31. The molecule has 0 aliphatic rings. The lowest BCUT2D eigenvalue weighted by Crippen LogP contribution is -2.28. The molecule has 2 heterocycles. The maximum absolute atomic E-state index is 13.3. The van der Waals surface area contributed by atoms with E-state index < -0.39 is 11.5 Å². The molecule has 0 atom stereocenters. The molecule has 0 saturated carbocycles. The number of anilines is 1. The van der Waals surface area contributed by atoms with E-state index in [1.807, 2.05) is 24.5 Å². The van der Waals surface area contributed by atoms with E-state index in [2.05, 4.69) is 10.3 Å². The van der Waals surface area contributed by atoms with Crippen molar-refractivity contribution in [2.45, 2.75) is 11.4 Å². The number of nitrogens with one attached hydrogen (secondary N) is 1. The highest BCUT2D eigenvalue weighted by atomic mass is 32.2. The van der Waals surface area contributed by atoms with Crippen LogP contribution in [0.3, 0.4) is 0 Å². The number of nitrogens with zero attached hydrogens (tertiary/aromatic N) is 3. The Kier molecular flexibility index (Phi) is 5.18. The summed E-state index contributed by atoms with van der Waals surface area (Å²) in [5.74, 6) is -0.724. The van der Waals surface area contributed by atoms with Crippen LogP contribution in [0.15, 0.2) is 76.6 Å². The number of fused-ring (bicyclic) bond motifs is 1. The summed E-state index contributed by atoms with van der Waals surface area (Å²) in [5.41, 5.74) is 1.65. The fourth-order valence-electron chi connectivity index (χ4n) is 3.11. The van der Waals surface area contributed by atoms with Crippen LogP contribution in [-0.4, -0.2) is 26.3 Å². The van der Waals surface area contributed by atoms with Crippen molar-refractivity contribution in [2.24, 2.45) is 0 Å². The van der Waals surface area contributed by atoms with Gasteiger partial charge in [-0.3, -0.25) is 9.36 Å². The third-order valence-electron chi connectivity index (χ3n) is 4.43. The number of carbonyl (C=O) groups is 1. The Hall–Kier alpha value is -3.39. The molecule has 29 heavy (non-hydrogen) atoms. The monoisotopic (exact) mass is 408 g/mol. The Balaban J connectivity index is 1.70. The van der Waals surface area contributed by atoms with Crippen LogP contribution >= 0.6 is 11.8 Å². The van der Waals surface area contributed by atoms with Crippen LogP contribution in [0.25, 0.3) is 16.9 Å². The Labute approximate surface area is 170 Å². The van der Waals surface area contributed by atoms with Crippen molar-refractivity contribution in [3.8, 4) is 5.69 Å². The first-order chi connectivity index (χ1) is 14.1. The number of hydrogen-bond donors (Lipinski definition) is 1. The molecular formula is C21H17FN4O2S. The lowest BCUT2D eigenvalue weighted by Gasteiger charge is -2.07. The number of thioether (sulfide) groups is 1. The first-order valence-corrected chi connectivity index (χ1v) is 10.1. The third-order valence-corrected chi connectivity index (χ3v) is 5.16. The molecule has 0 aliphatic carbocycles. The largest absolute Gasteiger partial charge is 0.335 e. The summed E-state index contributed by atoms with van der Waals surface area (Å²) in [4.78, 5) is 31.0. The molecule has 0 unspecified atom stereocenters. The number of aromatic nitrogens is 3. The highest BCUT2D eigenvalue weighted by molar-refractivity contribution is 7.98. The van der Waals surface area contributed by atoms with Crippen molar-refractivity contribution >= 4 is 34.5 Å². The number of benzene rings is 2. The van der Waals surface area contributed by atoms with E-state index in [4.69, 9.17) is 0 Å². The van der Waals surface area contributed by atoms with Crippen LogP contribution in [0.4, 0.5) is 10.1 Å². The van der Waals surface area contributed by atoms with Crippen LogP contribution in [-0.2, 0) is 11.3 Å². The summed E-state index contributed by atoms with van der Waals surface area (Å²) in [6.07, 6.45) is 3.53. The quantitative estimate of drug-likeness (QED) is 0.512. The average Bonchev–Trinajstić information content (AvgIpc) is 3.00. The predicted molar refractivity (Wildman–Crippen MR) is 112 cm³/mol. The standard InChI is InChI=1S/C21H17FN4O2S/c1-29-17-5-2-4-15(12-17)24-19(27)13-25-18-6-3-11-23-20(18)26(21(25)28)16-9-7-14(22)8-10-16/h2-12H,13H2,1H3,(H,24,27). The molecule has 0 bridgehead atoms. The zero-order chi connectivity index (χ0) is 20.4. The Morgan fingerprint density at radius 1 is 1.14 bits per heavy atom. The van der Waals surface area contributed by atoms with Crippen molar-refractivity contribution in [1.82, 2.24) is 14.1 Å². The Morgan fingerprint density at radius 2 is 1.93 bits per heavy atom. The third kappa shape index (κ3) is 3.79. The zero-order valence-corrected chi connectivity index (χ0v) is 16.3. The van der Waals surface area contributed by atoms with E-state index in [0.29, 0.717) is 22.5 Å².